The highest BCUT2D eigenvalue weighted by atomic mass is 32.1. The number of amides is 2. The fourth-order valence-corrected chi connectivity index (χ4v) is 5.47. The number of nitrogens with one attached hydrogen (secondary N) is 1. The van der Waals surface area contributed by atoms with Crippen LogP contribution < -0.4 is 5.32 Å². The molecule has 2 aromatic rings. The van der Waals surface area contributed by atoms with Crippen molar-refractivity contribution >= 4 is 40.3 Å². The zero-order valence-corrected chi connectivity index (χ0v) is 17.9. The van der Waals surface area contributed by atoms with Gasteiger partial charge in [0.15, 0.2) is 5.78 Å². The van der Waals surface area contributed by atoms with E-state index in [9.17, 15) is 14.4 Å². The molecule has 3 unspecified atom stereocenters. The molecule has 154 valence electrons. The number of fused-ring (bicyclic) bond motifs is 1. The van der Waals surface area contributed by atoms with Crippen molar-refractivity contribution in [2.45, 2.75) is 44.9 Å². The Hall–Kier alpha value is -2.10. The van der Waals surface area contributed by atoms with Gasteiger partial charge in [0.2, 0.25) is 5.91 Å². The van der Waals surface area contributed by atoms with Crippen LogP contribution >= 0.6 is 22.7 Å². The summed E-state index contributed by atoms with van der Waals surface area (Å²) in [7, 11) is 0. The molecule has 0 spiro atoms. The molecule has 9 heteroatoms. The van der Waals surface area contributed by atoms with Crippen LogP contribution in [0.5, 0.6) is 0 Å². The molecule has 2 saturated heterocycles. The number of ketones is 1. The summed E-state index contributed by atoms with van der Waals surface area (Å²) in [6, 6.07) is 2.69. The van der Waals surface area contributed by atoms with Crippen molar-refractivity contribution in [3.8, 4) is 9.88 Å². The molecule has 0 bridgehead atoms. The quantitative estimate of drug-likeness (QED) is 0.756. The van der Waals surface area contributed by atoms with Crippen LogP contribution in [-0.4, -0.2) is 58.8 Å². The van der Waals surface area contributed by atoms with E-state index in [-0.39, 0.29) is 36.2 Å². The van der Waals surface area contributed by atoms with E-state index in [1.165, 1.54) is 11.3 Å². The lowest BCUT2D eigenvalue weighted by Crippen LogP contribution is -2.52. The molecule has 2 aliphatic rings. The van der Waals surface area contributed by atoms with Gasteiger partial charge in [-0.25, -0.2) is 4.98 Å². The molecule has 0 saturated carbocycles. The van der Waals surface area contributed by atoms with Gasteiger partial charge in [-0.2, -0.15) is 0 Å². The summed E-state index contributed by atoms with van der Waals surface area (Å²) in [4.78, 5) is 45.2. The largest absolute Gasteiger partial charge is 0.368 e. The average molecular weight is 434 g/mol. The van der Waals surface area contributed by atoms with Crippen molar-refractivity contribution in [1.82, 2.24) is 15.2 Å². The zero-order chi connectivity index (χ0) is 20.5. The molecular formula is C20H23N3O4S2. The second-order valence-electron chi connectivity index (χ2n) is 7.75. The number of thiophene rings is 1. The van der Waals surface area contributed by atoms with Gasteiger partial charge < -0.3 is 15.0 Å². The molecule has 4 rings (SSSR count). The van der Waals surface area contributed by atoms with E-state index in [1.807, 2.05) is 31.4 Å². The Morgan fingerprint density at radius 3 is 2.93 bits per heavy atom. The highest BCUT2D eigenvalue weighted by molar-refractivity contribution is 7.20. The summed E-state index contributed by atoms with van der Waals surface area (Å²) in [5, 5.41) is 7.32. The third-order valence-electron chi connectivity index (χ3n) is 5.17. The molecule has 29 heavy (non-hydrogen) atoms. The van der Waals surface area contributed by atoms with Crippen molar-refractivity contribution in [2.75, 3.05) is 13.2 Å². The van der Waals surface area contributed by atoms with Gasteiger partial charge in [-0.3, -0.25) is 14.4 Å². The fourth-order valence-electron chi connectivity index (χ4n) is 3.86. The summed E-state index contributed by atoms with van der Waals surface area (Å²) in [6.45, 7) is 4.54. The van der Waals surface area contributed by atoms with Crippen LogP contribution in [0.1, 0.15) is 37.2 Å². The molecule has 0 radical (unpaired) electrons. The van der Waals surface area contributed by atoms with Crippen molar-refractivity contribution in [2.24, 2.45) is 5.92 Å². The summed E-state index contributed by atoms with van der Waals surface area (Å²) in [5.74, 6) is -0.439. The molecule has 3 atom stereocenters. The van der Waals surface area contributed by atoms with Gasteiger partial charge >= 0.3 is 0 Å². The van der Waals surface area contributed by atoms with E-state index in [0.717, 1.165) is 9.88 Å². The van der Waals surface area contributed by atoms with Crippen LogP contribution in [0.2, 0.25) is 0 Å². The lowest BCUT2D eigenvalue weighted by Gasteiger charge is -2.28. The van der Waals surface area contributed by atoms with E-state index >= 15 is 0 Å². The number of thiazole rings is 1. The second-order valence-corrected chi connectivity index (χ2v) is 9.56. The fraction of sp³-hybridized carbons (Fsp3) is 0.500. The van der Waals surface area contributed by atoms with Crippen LogP contribution in [0.25, 0.3) is 9.88 Å². The number of hydrogen-bond donors (Lipinski definition) is 1. The molecule has 7 nitrogen and oxygen atoms in total. The average Bonchev–Trinajstić information content (AvgIpc) is 3.45. The monoisotopic (exact) mass is 433 g/mol. The summed E-state index contributed by atoms with van der Waals surface area (Å²) < 4.78 is 5.48. The molecule has 2 aromatic heterocycles. The number of carbonyl (C=O) groups excluding carboxylic acids is 3. The van der Waals surface area contributed by atoms with Gasteiger partial charge in [-0.05, 0) is 30.2 Å². The Morgan fingerprint density at radius 2 is 2.21 bits per heavy atom. The first-order valence-electron chi connectivity index (χ1n) is 9.69. The van der Waals surface area contributed by atoms with Crippen molar-refractivity contribution in [1.29, 1.82) is 0 Å². The second kappa shape index (κ2) is 8.33. The molecule has 1 N–H and O–H groups in total. The topological polar surface area (TPSA) is 88.6 Å². The number of Topliss-reactive ketones (excluding diaryl/α,β-unsaturated/α-hetero) is 1. The van der Waals surface area contributed by atoms with Crippen LogP contribution in [0, 0.1) is 5.92 Å². The number of ether oxygens (including phenoxy) is 1. The maximum absolute atomic E-state index is 13.2. The van der Waals surface area contributed by atoms with E-state index in [2.05, 4.69) is 10.3 Å². The molecule has 2 fully saturated rings. The normalized spacial score (nSPS) is 22.2. The minimum atomic E-state index is -0.693. The Balaban J connectivity index is 1.49. The third-order valence-corrected chi connectivity index (χ3v) is 7.06. The standard InChI is InChI=1S/C20H23N3O4S2/c1-11(2)8-12(20(26)23-6-5-15-17(23)14(24)9-27-15)21-18(25)13-10-29-19(22-13)16-4-3-7-28-16/h3-4,7,10-12,15,17H,5-6,8-9H2,1-2H3,(H,21,25). The first kappa shape index (κ1) is 20.2. The van der Waals surface area contributed by atoms with Gasteiger partial charge in [0.1, 0.15) is 29.4 Å². The summed E-state index contributed by atoms with van der Waals surface area (Å²) >= 11 is 2.97. The third kappa shape index (κ3) is 4.12. The number of nitrogens with zero attached hydrogens (tertiary/aromatic N) is 2. The van der Waals surface area contributed by atoms with Crippen molar-refractivity contribution < 1.29 is 19.1 Å². The van der Waals surface area contributed by atoms with Gasteiger partial charge in [0, 0.05) is 11.9 Å². The van der Waals surface area contributed by atoms with E-state index < -0.39 is 12.1 Å². The SMILES string of the molecule is CC(C)CC(NC(=O)c1csc(-c2cccs2)n1)C(=O)N1CCC2OCC(=O)C21. The van der Waals surface area contributed by atoms with E-state index in [4.69, 9.17) is 4.74 Å². The number of likely N-dealkylation sites (tertiary alicyclic amines) is 1. The highest BCUT2D eigenvalue weighted by Gasteiger charge is 2.48. The van der Waals surface area contributed by atoms with E-state index in [0.29, 0.717) is 25.1 Å². The number of hydrogen-bond acceptors (Lipinski definition) is 7. The lowest BCUT2D eigenvalue weighted by atomic mass is 10.0. The Morgan fingerprint density at radius 1 is 1.38 bits per heavy atom. The van der Waals surface area contributed by atoms with Crippen LogP contribution in [-0.2, 0) is 14.3 Å². The summed E-state index contributed by atoms with van der Waals surface area (Å²) in [6.07, 6.45) is 0.935. The predicted octanol–water partition coefficient (Wildman–Crippen LogP) is 2.58. The van der Waals surface area contributed by atoms with Crippen LogP contribution in [0.3, 0.4) is 0 Å². The van der Waals surface area contributed by atoms with Crippen molar-refractivity contribution in [3.63, 3.8) is 0 Å². The Bertz CT molecular complexity index is 909. The minimum Gasteiger partial charge on any atom is -0.368 e. The first-order chi connectivity index (χ1) is 13.9. The number of aromatic nitrogens is 1. The van der Waals surface area contributed by atoms with Gasteiger partial charge in [-0.15, -0.1) is 22.7 Å². The zero-order valence-electron chi connectivity index (χ0n) is 16.3. The van der Waals surface area contributed by atoms with Crippen LogP contribution in [0.4, 0.5) is 0 Å². The molecule has 4 heterocycles. The minimum absolute atomic E-state index is 0.0597. The maximum atomic E-state index is 13.2. The summed E-state index contributed by atoms with van der Waals surface area (Å²) in [5.41, 5.74) is 0.305. The predicted molar refractivity (Wildman–Crippen MR) is 111 cm³/mol. The highest BCUT2D eigenvalue weighted by Crippen LogP contribution is 2.29. The van der Waals surface area contributed by atoms with Gasteiger partial charge in [-0.1, -0.05) is 19.9 Å². The smallest absolute Gasteiger partial charge is 0.271 e. The number of rotatable bonds is 6. The maximum Gasteiger partial charge on any atom is 0.271 e. The first-order valence-corrected chi connectivity index (χ1v) is 11.4. The van der Waals surface area contributed by atoms with Gasteiger partial charge in [0.25, 0.3) is 5.91 Å². The Kier molecular flexibility index (Phi) is 5.80. The van der Waals surface area contributed by atoms with Crippen molar-refractivity contribution in [3.05, 3.63) is 28.6 Å². The molecule has 2 amide bonds. The van der Waals surface area contributed by atoms with Crippen LogP contribution in [0.15, 0.2) is 22.9 Å². The molecule has 2 aliphatic heterocycles. The Labute approximate surface area is 177 Å². The molecule has 0 aliphatic carbocycles. The number of carbonyl (C=O) groups is 3. The molecular weight excluding hydrogens is 410 g/mol. The van der Waals surface area contributed by atoms with Gasteiger partial charge in [0.05, 0.1) is 11.0 Å². The van der Waals surface area contributed by atoms with E-state index in [1.54, 1.807) is 21.6 Å². The molecule has 0 aromatic carbocycles. The lowest BCUT2D eigenvalue weighted by molar-refractivity contribution is -0.138.